The second kappa shape index (κ2) is 7.63. The minimum atomic E-state index is -0.0882. The Kier molecular flexibility index (Phi) is 6.15. The van der Waals surface area contributed by atoms with Gasteiger partial charge in [0.25, 0.3) is 5.91 Å². The van der Waals surface area contributed by atoms with Gasteiger partial charge in [0.05, 0.1) is 12.7 Å². The van der Waals surface area contributed by atoms with Crippen LogP contribution in [0.15, 0.2) is 24.3 Å². The molecule has 1 amide bonds. The largest absolute Gasteiger partial charge is 0.484 e. The van der Waals surface area contributed by atoms with Crippen LogP contribution in [0.5, 0.6) is 5.75 Å². The summed E-state index contributed by atoms with van der Waals surface area (Å²) in [6.45, 7) is 5.01. The number of rotatable bonds is 7. The molecular weight excluding hydrogens is 244 g/mol. The molecule has 1 rings (SSSR count). The third kappa shape index (κ3) is 6.10. The van der Waals surface area contributed by atoms with Crippen molar-refractivity contribution in [2.45, 2.75) is 20.0 Å². The average molecular weight is 266 g/mol. The Bertz CT molecular complexity index is 407. The van der Waals surface area contributed by atoms with Gasteiger partial charge in [0, 0.05) is 25.3 Å². The molecule has 0 spiro atoms. The number of carbonyl (C=O) groups excluding carboxylic acids is 1. The van der Waals surface area contributed by atoms with Gasteiger partial charge in [-0.25, -0.2) is 0 Å². The summed E-state index contributed by atoms with van der Waals surface area (Å²) < 4.78 is 10.8. The molecule has 5 heteroatoms. The van der Waals surface area contributed by atoms with Crippen LogP contribution in [0.2, 0.25) is 0 Å². The standard InChI is InChI=1S/C14H22N2O3/c1-11(2)18-8-7-16(3)14(17)10-19-13-6-4-5-12(15)9-13/h4-6,9,11H,7-8,10,15H2,1-3H3. The molecule has 2 N–H and O–H groups in total. The summed E-state index contributed by atoms with van der Waals surface area (Å²) in [5.41, 5.74) is 6.24. The Labute approximate surface area is 114 Å². The summed E-state index contributed by atoms with van der Waals surface area (Å²) in [6.07, 6.45) is 0.173. The number of hydrogen-bond acceptors (Lipinski definition) is 4. The zero-order valence-corrected chi connectivity index (χ0v) is 11.8. The Morgan fingerprint density at radius 3 is 2.79 bits per heavy atom. The van der Waals surface area contributed by atoms with Gasteiger partial charge in [-0.1, -0.05) is 6.07 Å². The maximum atomic E-state index is 11.8. The third-order valence-electron chi connectivity index (χ3n) is 2.52. The Hall–Kier alpha value is -1.75. The van der Waals surface area contributed by atoms with Gasteiger partial charge < -0.3 is 20.1 Å². The fourth-order valence-corrected chi connectivity index (χ4v) is 1.41. The maximum absolute atomic E-state index is 11.8. The van der Waals surface area contributed by atoms with Crippen molar-refractivity contribution in [2.24, 2.45) is 0 Å². The number of benzene rings is 1. The summed E-state index contributed by atoms with van der Waals surface area (Å²) in [7, 11) is 1.73. The van der Waals surface area contributed by atoms with E-state index in [9.17, 15) is 4.79 Å². The number of nitrogen functional groups attached to an aromatic ring is 1. The molecule has 0 saturated carbocycles. The monoisotopic (exact) mass is 266 g/mol. The number of nitrogens with two attached hydrogens (primary N) is 1. The molecule has 0 aliphatic carbocycles. The highest BCUT2D eigenvalue weighted by Gasteiger charge is 2.09. The lowest BCUT2D eigenvalue weighted by Crippen LogP contribution is -2.34. The highest BCUT2D eigenvalue weighted by molar-refractivity contribution is 5.77. The second-order valence-electron chi connectivity index (χ2n) is 4.60. The molecular formula is C14H22N2O3. The van der Waals surface area contributed by atoms with Crippen molar-refractivity contribution < 1.29 is 14.3 Å². The maximum Gasteiger partial charge on any atom is 0.260 e. The van der Waals surface area contributed by atoms with Crippen LogP contribution in [-0.2, 0) is 9.53 Å². The molecule has 1 aromatic carbocycles. The molecule has 0 fully saturated rings. The zero-order valence-electron chi connectivity index (χ0n) is 11.8. The Balaban J connectivity index is 2.30. The lowest BCUT2D eigenvalue weighted by Gasteiger charge is -2.18. The van der Waals surface area contributed by atoms with Crippen LogP contribution in [0.3, 0.4) is 0 Å². The number of likely N-dealkylation sites (N-methyl/N-ethyl adjacent to an activating group) is 1. The molecule has 0 aromatic heterocycles. The zero-order chi connectivity index (χ0) is 14.3. The van der Waals surface area contributed by atoms with Crippen molar-refractivity contribution in [3.05, 3.63) is 24.3 Å². The van der Waals surface area contributed by atoms with Gasteiger partial charge in [-0.2, -0.15) is 0 Å². The van der Waals surface area contributed by atoms with Crippen molar-refractivity contribution in [1.29, 1.82) is 0 Å². The summed E-state index contributed by atoms with van der Waals surface area (Å²) >= 11 is 0. The molecule has 0 heterocycles. The quantitative estimate of drug-likeness (QED) is 0.760. The number of hydrogen-bond donors (Lipinski definition) is 1. The van der Waals surface area contributed by atoms with E-state index in [0.717, 1.165) is 0 Å². The van der Waals surface area contributed by atoms with Crippen LogP contribution in [0.1, 0.15) is 13.8 Å². The predicted molar refractivity (Wildman–Crippen MR) is 75.1 cm³/mol. The molecule has 106 valence electrons. The number of carbonyl (C=O) groups is 1. The minimum absolute atomic E-state index is 0.00162. The van der Waals surface area contributed by atoms with E-state index < -0.39 is 0 Å². The van der Waals surface area contributed by atoms with Crippen LogP contribution in [-0.4, -0.2) is 43.7 Å². The van der Waals surface area contributed by atoms with E-state index in [0.29, 0.717) is 24.6 Å². The molecule has 19 heavy (non-hydrogen) atoms. The first-order valence-corrected chi connectivity index (χ1v) is 6.33. The molecule has 0 radical (unpaired) electrons. The fourth-order valence-electron chi connectivity index (χ4n) is 1.41. The number of nitrogens with zero attached hydrogens (tertiary/aromatic N) is 1. The Morgan fingerprint density at radius 2 is 2.16 bits per heavy atom. The van der Waals surface area contributed by atoms with Gasteiger partial charge in [-0.05, 0) is 26.0 Å². The molecule has 1 aromatic rings. The number of amides is 1. The van der Waals surface area contributed by atoms with E-state index >= 15 is 0 Å². The van der Waals surface area contributed by atoms with Gasteiger partial charge in [-0.15, -0.1) is 0 Å². The topological polar surface area (TPSA) is 64.8 Å². The lowest BCUT2D eigenvalue weighted by molar-refractivity contribution is -0.132. The van der Waals surface area contributed by atoms with Gasteiger partial charge in [0.1, 0.15) is 5.75 Å². The van der Waals surface area contributed by atoms with Gasteiger partial charge in [-0.3, -0.25) is 4.79 Å². The van der Waals surface area contributed by atoms with Gasteiger partial charge in [0.15, 0.2) is 6.61 Å². The van der Waals surface area contributed by atoms with Crippen LogP contribution >= 0.6 is 0 Å². The van der Waals surface area contributed by atoms with E-state index in [-0.39, 0.29) is 18.6 Å². The summed E-state index contributed by atoms with van der Waals surface area (Å²) in [5, 5.41) is 0. The first-order chi connectivity index (χ1) is 8.99. The van der Waals surface area contributed by atoms with Crippen LogP contribution in [0, 0.1) is 0 Å². The highest BCUT2D eigenvalue weighted by atomic mass is 16.5. The van der Waals surface area contributed by atoms with E-state index in [2.05, 4.69) is 0 Å². The summed E-state index contributed by atoms with van der Waals surface area (Å²) in [5.74, 6) is 0.509. The molecule has 0 aliphatic rings. The van der Waals surface area contributed by atoms with Gasteiger partial charge in [0.2, 0.25) is 0 Å². The highest BCUT2D eigenvalue weighted by Crippen LogP contribution is 2.14. The van der Waals surface area contributed by atoms with E-state index in [4.69, 9.17) is 15.2 Å². The Morgan fingerprint density at radius 1 is 1.42 bits per heavy atom. The van der Waals surface area contributed by atoms with E-state index in [1.165, 1.54) is 0 Å². The van der Waals surface area contributed by atoms with Gasteiger partial charge >= 0.3 is 0 Å². The van der Waals surface area contributed by atoms with Crippen molar-refractivity contribution >= 4 is 11.6 Å². The first kappa shape index (κ1) is 15.3. The van der Waals surface area contributed by atoms with E-state index in [1.54, 1.807) is 36.2 Å². The van der Waals surface area contributed by atoms with Crippen molar-refractivity contribution in [3.63, 3.8) is 0 Å². The SMILES string of the molecule is CC(C)OCCN(C)C(=O)COc1cccc(N)c1. The summed E-state index contributed by atoms with van der Waals surface area (Å²) in [6, 6.07) is 7.01. The number of anilines is 1. The van der Waals surface area contributed by atoms with Crippen molar-refractivity contribution in [3.8, 4) is 5.75 Å². The molecule has 0 unspecified atom stereocenters. The van der Waals surface area contributed by atoms with Crippen molar-refractivity contribution in [1.82, 2.24) is 4.90 Å². The predicted octanol–water partition coefficient (Wildman–Crippen LogP) is 1.53. The van der Waals surface area contributed by atoms with Crippen LogP contribution in [0.4, 0.5) is 5.69 Å². The normalized spacial score (nSPS) is 10.5. The fraction of sp³-hybridized carbons (Fsp3) is 0.500. The first-order valence-electron chi connectivity index (χ1n) is 6.33. The smallest absolute Gasteiger partial charge is 0.260 e. The molecule has 0 aliphatic heterocycles. The lowest BCUT2D eigenvalue weighted by atomic mass is 10.3. The van der Waals surface area contributed by atoms with Crippen molar-refractivity contribution in [2.75, 3.05) is 32.5 Å². The third-order valence-corrected chi connectivity index (χ3v) is 2.52. The minimum Gasteiger partial charge on any atom is -0.484 e. The molecule has 0 saturated heterocycles. The average Bonchev–Trinajstić information content (AvgIpc) is 2.35. The molecule has 0 bridgehead atoms. The number of ether oxygens (including phenoxy) is 2. The van der Waals surface area contributed by atoms with E-state index in [1.807, 2.05) is 13.8 Å². The second-order valence-corrected chi connectivity index (χ2v) is 4.60. The summed E-state index contributed by atoms with van der Waals surface area (Å²) in [4.78, 5) is 13.4. The van der Waals surface area contributed by atoms with Crippen LogP contribution in [0.25, 0.3) is 0 Å². The molecule has 5 nitrogen and oxygen atoms in total. The molecule has 0 atom stereocenters. The van der Waals surface area contributed by atoms with Crippen LogP contribution < -0.4 is 10.5 Å².